The van der Waals surface area contributed by atoms with E-state index in [-0.39, 0.29) is 0 Å². The minimum atomic E-state index is 0.346. The van der Waals surface area contributed by atoms with Gasteiger partial charge in [0, 0.05) is 44.2 Å². The normalized spacial score (nSPS) is 38.1. The molecule has 2 N–H and O–H groups in total. The number of nitrogens with one attached hydrogen (secondary N) is 2. The molecule has 4 fully saturated rings. The van der Waals surface area contributed by atoms with E-state index in [1.807, 2.05) is 0 Å². The zero-order valence-corrected chi connectivity index (χ0v) is 13.8. The molecule has 0 bridgehead atoms. The molecule has 1 unspecified atom stereocenters. The molecule has 3 aliphatic carbocycles. The molecule has 4 nitrogen and oxygen atoms in total. The Morgan fingerprint density at radius 2 is 1.73 bits per heavy atom. The fourth-order valence-electron chi connectivity index (χ4n) is 5.24. The fourth-order valence-corrected chi connectivity index (χ4v) is 5.24. The van der Waals surface area contributed by atoms with Crippen molar-refractivity contribution in [2.45, 2.75) is 69.9 Å². The highest BCUT2D eigenvalue weighted by Crippen LogP contribution is 2.61. The minimum Gasteiger partial charge on any atom is -0.353 e. The van der Waals surface area contributed by atoms with Gasteiger partial charge in [-0.2, -0.15) is 0 Å². The average Bonchev–Trinajstić information content (AvgIpc) is 3.20. The molecule has 22 heavy (non-hydrogen) atoms. The summed E-state index contributed by atoms with van der Waals surface area (Å²) in [5, 5.41) is 6.84. The molecule has 1 spiro atoms. The number of rotatable bonds is 3. The lowest BCUT2D eigenvalue weighted by Crippen LogP contribution is -2.51. The van der Waals surface area contributed by atoms with E-state index < -0.39 is 0 Å². The highest BCUT2D eigenvalue weighted by molar-refractivity contribution is 5.80. The van der Waals surface area contributed by atoms with Gasteiger partial charge in [0.15, 0.2) is 0 Å². The van der Waals surface area contributed by atoms with Crippen molar-refractivity contribution < 1.29 is 4.79 Å². The van der Waals surface area contributed by atoms with Crippen molar-refractivity contribution >= 4 is 5.91 Å². The van der Waals surface area contributed by atoms with Gasteiger partial charge >= 0.3 is 0 Å². The van der Waals surface area contributed by atoms with E-state index in [0.29, 0.717) is 23.3 Å². The maximum atomic E-state index is 12.6. The number of carbonyl (C=O) groups excluding carboxylic acids is 1. The molecule has 0 aromatic carbocycles. The van der Waals surface area contributed by atoms with Crippen molar-refractivity contribution in [2.75, 3.05) is 26.2 Å². The van der Waals surface area contributed by atoms with E-state index in [1.165, 1.54) is 64.5 Å². The first-order valence-electron chi connectivity index (χ1n) is 9.52. The largest absolute Gasteiger partial charge is 0.353 e. The molecule has 0 aromatic heterocycles. The van der Waals surface area contributed by atoms with Gasteiger partial charge in [0.2, 0.25) is 5.91 Å². The van der Waals surface area contributed by atoms with Crippen molar-refractivity contribution in [2.24, 2.45) is 11.3 Å². The molecule has 0 aromatic rings. The van der Waals surface area contributed by atoms with Gasteiger partial charge in [0.05, 0.1) is 0 Å². The first-order valence-corrected chi connectivity index (χ1v) is 9.52. The van der Waals surface area contributed by atoms with Crippen LogP contribution in [0.4, 0.5) is 0 Å². The third kappa shape index (κ3) is 2.92. The summed E-state index contributed by atoms with van der Waals surface area (Å²) >= 11 is 0. The second-order valence-corrected chi connectivity index (χ2v) is 8.11. The molecule has 1 saturated heterocycles. The van der Waals surface area contributed by atoms with Gasteiger partial charge < -0.3 is 10.6 Å². The van der Waals surface area contributed by atoms with Crippen LogP contribution in [0.2, 0.25) is 0 Å². The first-order chi connectivity index (χ1) is 10.8. The summed E-state index contributed by atoms with van der Waals surface area (Å²) in [4.78, 5) is 15.3. The summed E-state index contributed by atoms with van der Waals surface area (Å²) in [7, 11) is 0. The van der Waals surface area contributed by atoms with Gasteiger partial charge in [-0.3, -0.25) is 9.69 Å². The summed E-state index contributed by atoms with van der Waals surface area (Å²) in [6.07, 6.45) is 11.2. The highest BCUT2D eigenvalue weighted by Gasteiger charge is 2.54. The molecular weight excluding hydrogens is 274 g/mol. The highest BCUT2D eigenvalue weighted by atomic mass is 16.2. The van der Waals surface area contributed by atoms with Crippen molar-refractivity contribution in [3.05, 3.63) is 0 Å². The van der Waals surface area contributed by atoms with Crippen LogP contribution in [-0.4, -0.2) is 49.1 Å². The Morgan fingerprint density at radius 3 is 2.41 bits per heavy atom. The van der Waals surface area contributed by atoms with Crippen LogP contribution in [0.15, 0.2) is 0 Å². The Balaban J connectivity index is 1.24. The SMILES string of the molecule is O=C(NC1CCC(N2CCNCC2)CC1)C1CCCC12CC2. The number of carbonyl (C=O) groups is 1. The van der Waals surface area contributed by atoms with E-state index in [1.54, 1.807) is 0 Å². The molecule has 4 rings (SSSR count). The minimum absolute atomic E-state index is 0.346. The van der Waals surface area contributed by atoms with Crippen molar-refractivity contribution in [1.82, 2.24) is 15.5 Å². The van der Waals surface area contributed by atoms with Crippen LogP contribution < -0.4 is 10.6 Å². The molecule has 1 heterocycles. The number of amides is 1. The lowest BCUT2D eigenvalue weighted by Gasteiger charge is -2.39. The van der Waals surface area contributed by atoms with Crippen LogP contribution in [0.1, 0.15) is 57.8 Å². The van der Waals surface area contributed by atoms with Crippen LogP contribution in [0.25, 0.3) is 0 Å². The second kappa shape index (κ2) is 6.12. The van der Waals surface area contributed by atoms with Crippen molar-refractivity contribution in [3.63, 3.8) is 0 Å². The molecule has 4 aliphatic rings. The maximum Gasteiger partial charge on any atom is 0.223 e. The Bertz CT molecular complexity index is 407. The lowest BCUT2D eigenvalue weighted by atomic mass is 9.88. The van der Waals surface area contributed by atoms with Gasteiger partial charge in [-0.05, 0) is 56.8 Å². The Morgan fingerprint density at radius 1 is 1.00 bits per heavy atom. The Kier molecular flexibility index (Phi) is 4.16. The smallest absolute Gasteiger partial charge is 0.223 e. The molecule has 3 saturated carbocycles. The second-order valence-electron chi connectivity index (χ2n) is 8.11. The predicted molar refractivity (Wildman–Crippen MR) is 87.6 cm³/mol. The molecule has 1 amide bonds. The number of hydrogen-bond acceptors (Lipinski definition) is 3. The average molecular weight is 305 g/mol. The van der Waals surface area contributed by atoms with E-state index in [0.717, 1.165) is 25.6 Å². The fraction of sp³-hybridized carbons (Fsp3) is 0.944. The predicted octanol–water partition coefficient (Wildman–Crippen LogP) is 1.90. The topological polar surface area (TPSA) is 44.4 Å². The van der Waals surface area contributed by atoms with Crippen molar-refractivity contribution in [3.8, 4) is 0 Å². The molecular formula is C18H31N3O. The summed E-state index contributed by atoms with van der Waals surface area (Å²) in [6, 6.07) is 1.21. The van der Waals surface area contributed by atoms with Gasteiger partial charge in [-0.15, -0.1) is 0 Å². The third-order valence-corrected chi connectivity index (χ3v) is 6.83. The summed E-state index contributed by atoms with van der Waals surface area (Å²) < 4.78 is 0. The van der Waals surface area contributed by atoms with E-state index in [4.69, 9.17) is 0 Å². The van der Waals surface area contributed by atoms with Gasteiger partial charge in [0.1, 0.15) is 0 Å². The molecule has 1 atom stereocenters. The Hall–Kier alpha value is -0.610. The first kappa shape index (κ1) is 14.9. The standard InChI is InChI=1S/C18H31N3O/c22-17(16-2-1-7-18(16)8-9-18)20-14-3-5-15(6-4-14)21-12-10-19-11-13-21/h14-16,19H,1-13H2,(H,20,22). The van der Waals surface area contributed by atoms with Gasteiger partial charge in [0.25, 0.3) is 0 Å². The monoisotopic (exact) mass is 305 g/mol. The van der Waals surface area contributed by atoms with Gasteiger partial charge in [-0.25, -0.2) is 0 Å². The maximum absolute atomic E-state index is 12.6. The molecule has 4 heteroatoms. The Labute approximate surface area is 134 Å². The van der Waals surface area contributed by atoms with Gasteiger partial charge in [-0.1, -0.05) is 6.42 Å². The summed E-state index contributed by atoms with van der Waals surface area (Å²) in [5.41, 5.74) is 0.447. The van der Waals surface area contributed by atoms with Crippen LogP contribution in [0, 0.1) is 11.3 Å². The van der Waals surface area contributed by atoms with E-state index >= 15 is 0 Å². The lowest BCUT2D eigenvalue weighted by molar-refractivity contribution is -0.127. The number of piperazine rings is 1. The number of nitrogens with zero attached hydrogens (tertiary/aromatic N) is 1. The van der Waals surface area contributed by atoms with E-state index in [2.05, 4.69) is 15.5 Å². The number of hydrogen-bond donors (Lipinski definition) is 2. The van der Waals surface area contributed by atoms with Crippen molar-refractivity contribution in [1.29, 1.82) is 0 Å². The van der Waals surface area contributed by atoms with E-state index in [9.17, 15) is 4.79 Å². The molecule has 124 valence electrons. The quantitative estimate of drug-likeness (QED) is 0.837. The third-order valence-electron chi connectivity index (χ3n) is 6.83. The molecule has 1 aliphatic heterocycles. The van der Waals surface area contributed by atoms with Crippen LogP contribution in [-0.2, 0) is 4.79 Å². The van der Waals surface area contributed by atoms with Crippen LogP contribution in [0.5, 0.6) is 0 Å². The van der Waals surface area contributed by atoms with Crippen LogP contribution >= 0.6 is 0 Å². The molecule has 0 radical (unpaired) electrons. The summed E-state index contributed by atoms with van der Waals surface area (Å²) in [5.74, 6) is 0.735. The zero-order chi connectivity index (χ0) is 15.0. The zero-order valence-electron chi connectivity index (χ0n) is 13.8. The van der Waals surface area contributed by atoms with Crippen LogP contribution in [0.3, 0.4) is 0 Å². The summed E-state index contributed by atoms with van der Waals surface area (Å²) in [6.45, 7) is 4.68.